The van der Waals surface area contributed by atoms with E-state index in [2.05, 4.69) is 26.5 Å². The third-order valence-electron chi connectivity index (χ3n) is 2.63. The molecule has 0 heterocycles. The highest BCUT2D eigenvalue weighted by atomic mass is 79.9. The summed E-state index contributed by atoms with van der Waals surface area (Å²) in [6.45, 7) is 1.34. The molecule has 0 spiro atoms. The normalized spacial score (nSPS) is 10.5. The molecule has 0 fully saturated rings. The molecule has 1 amide bonds. The monoisotopic (exact) mass is 360 g/mol. The van der Waals surface area contributed by atoms with E-state index in [9.17, 15) is 9.59 Å². The second kappa shape index (κ2) is 7.51. The summed E-state index contributed by atoms with van der Waals surface area (Å²) in [4.78, 5) is 22.6. The Morgan fingerprint density at radius 2 is 1.73 bits per heavy atom. The minimum absolute atomic E-state index is 0.291. The molecule has 0 atom stereocenters. The average molecular weight is 361 g/mol. The third-order valence-corrected chi connectivity index (χ3v) is 3.16. The molecular weight excluding hydrogens is 348 g/mol. The number of hydrogen-bond donors (Lipinski definition) is 1. The van der Waals surface area contributed by atoms with Gasteiger partial charge in [0.05, 0.1) is 6.21 Å². The first-order chi connectivity index (χ1) is 10.5. The second-order valence-corrected chi connectivity index (χ2v) is 5.28. The maximum Gasteiger partial charge on any atom is 0.308 e. The molecule has 22 heavy (non-hydrogen) atoms. The molecule has 112 valence electrons. The number of nitrogens with zero attached hydrogens (tertiary/aromatic N) is 1. The molecular formula is C16H13BrN2O3. The van der Waals surface area contributed by atoms with Crippen molar-refractivity contribution in [3.05, 3.63) is 64.1 Å². The average Bonchev–Trinajstić information content (AvgIpc) is 2.49. The Kier molecular flexibility index (Phi) is 5.43. The fourth-order valence-corrected chi connectivity index (χ4v) is 1.88. The quantitative estimate of drug-likeness (QED) is 0.394. The summed E-state index contributed by atoms with van der Waals surface area (Å²) < 4.78 is 5.83. The van der Waals surface area contributed by atoms with Crippen molar-refractivity contribution in [2.45, 2.75) is 6.92 Å². The fourth-order valence-electron chi connectivity index (χ4n) is 1.62. The number of amides is 1. The second-order valence-electron chi connectivity index (χ2n) is 4.37. The van der Waals surface area contributed by atoms with Gasteiger partial charge in [0.15, 0.2) is 0 Å². The number of hydrogen-bond acceptors (Lipinski definition) is 4. The van der Waals surface area contributed by atoms with Gasteiger partial charge in [0.1, 0.15) is 5.75 Å². The highest BCUT2D eigenvalue weighted by Crippen LogP contribution is 2.11. The van der Waals surface area contributed by atoms with Crippen LogP contribution in [0.25, 0.3) is 0 Å². The number of halogens is 1. The van der Waals surface area contributed by atoms with E-state index in [0.717, 1.165) is 10.0 Å². The number of benzene rings is 2. The number of carbonyl (C=O) groups is 2. The smallest absolute Gasteiger partial charge is 0.308 e. The first-order valence-corrected chi connectivity index (χ1v) is 7.21. The van der Waals surface area contributed by atoms with Gasteiger partial charge in [-0.25, -0.2) is 5.43 Å². The summed E-state index contributed by atoms with van der Waals surface area (Å²) in [5.74, 6) is -0.202. The Balaban J connectivity index is 1.93. The van der Waals surface area contributed by atoms with Gasteiger partial charge in [0.25, 0.3) is 5.91 Å². The van der Waals surface area contributed by atoms with Crippen LogP contribution in [-0.2, 0) is 4.79 Å². The Hall–Kier alpha value is -2.47. The van der Waals surface area contributed by atoms with Crippen LogP contribution in [0.3, 0.4) is 0 Å². The van der Waals surface area contributed by atoms with Gasteiger partial charge in [0.2, 0.25) is 0 Å². The summed E-state index contributed by atoms with van der Waals surface area (Å²) in [6.07, 6.45) is 1.51. The van der Waals surface area contributed by atoms with Gasteiger partial charge < -0.3 is 4.74 Å². The van der Waals surface area contributed by atoms with Crippen LogP contribution in [0.15, 0.2) is 58.1 Å². The zero-order chi connectivity index (χ0) is 15.9. The lowest BCUT2D eigenvalue weighted by Gasteiger charge is -2.01. The molecule has 2 aromatic rings. The summed E-state index contributed by atoms with van der Waals surface area (Å²) in [5.41, 5.74) is 3.73. The lowest BCUT2D eigenvalue weighted by atomic mass is 10.2. The largest absolute Gasteiger partial charge is 0.427 e. The Morgan fingerprint density at radius 1 is 1.09 bits per heavy atom. The molecule has 2 rings (SSSR count). The van der Waals surface area contributed by atoms with Crippen molar-refractivity contribution in [3.63, 3.8) is 0 Å². The highest BCUT2D eigenvalue weighted by Gasteiger charge is 2.03. The zero-order valence-electron chi connectivity index (χ0n) is 11.7. The summed E-state index contributed by atoms with van der Waals surface area (Å²) in [6, 6.07) is 13.7. The van der Waals surface area contributed by atoms with Gasteiger partial charge in [0, 0.05) is 17.0 Å². The van der Waals surface area contributed by atoms with E-state index < -0.39 is 0 Å². The molecule has 0 saturated carbocycles. The molecule has 2 aromatic carbocycles. The maximum absolute atomic E-state index is 11.8. The SMILES string of the molecule is CC(=O)Oc1ccc(/C=N\NC(=O)c2ccc(Br)cc2)cc1. The molecule has 0 aromatic heterocycles. The van der Waals surface area contributed by atoms with Gasteiger partial charge in [-0.1, -0.05) is 15.9 Å². The van der Waals surface area contributed by atoms with E-state index in [4.69, 9.17) is 4.74 Å². The van der Waals surface area contributed by atoms with E-state index in [1.165, 1.54) is 13.1 Å². The van der Waals surface area contributed by atoms with Crippen LogP contribution in [0.1, 0.15) is 22.8 Å². The van der Waals surface area contributed by atoms with Crippen molar-refractivity contribution >= 4 is 34.0 Å². The molecule has 6 heteroatoms. The Bertz CT molecular complexity index is 694. The number of rotatable bonds is 4. The van der Waals surface area contributed by atoms with E-state index in [-0.39, 0.29) is 11.9 Å². The molecule has 5 nitrogen and oxygen atoms in total. The number of nitrogens with one attached hydrogen (secondary N) is 1. The molecule has 0 aliphatic heterocycles. The minimum atomic E-state index is -0.372. The van der Waals surface area contributed by atoms with Crippen LogP contribution in [0, 0.1) is 0 Å². The molecule has 0 radical (unpaired) electrons. The molecule has 0 saturated heterocycles. The lowest BCUT2D eigenvalue weighted by molar-refractivity contribution is -0.131. The van der Waals surface area contributed by atoms with Crippen LogP contribution in [0.5, 0.6) is 5.75 Å². The number of carbonyl (C=O) groups excluding carboxylic acids is 2. The molecule has 0 bridgehead atoms. The van der Waals surface area contributed by atoms with Crippen molar-refractivity contribution in [2.24, 2.45) is 5.10 Å². The number of esters is 1. The predicted molar refractivity (Wildman–Crippen MR) is 87.0 cm³/mol. The van der Waals surface area contributed by atoms with Gasteiger partial charge in [-0.3, -0.25) is 9.59 Å². The van der Waals surface area contributed by atoms with Gasteiger partial charge >= 0.3 is 5.97 Å². The first-order valence-electron chi connectivity index (χ1n) is 6.42. The van der Waals surface area contributed by atoms with Crippen molar-refractivity contribution in [1.82, 2.24) is 5.43 Å². The van der Waals surface area contributed by atoms with E-state index >= 15 is 0 Å². The van der Waals surface area contributed by atoms with E-state index in [0.29, 0.717) is 11.3 Å². The van der Waals surface area contributed by atoms with E-state index in [1.54, 1.807) is 48.5 Å². The van der Waals surface area contributed by atoms with Crippen molar-refractivity contribution in [2.75, 3.05) is 0 Å². The van der Waals surface area contributed by atoms with Crippen molar-refractivity contribution in [3.8, 4) is 5.75 Å². The molecule has 1 N–H and O–H groups in total. The topological polar surface area (TPSA) is 67.8 Å². The summed E-state index contributed by atoms with van der Waals surface area (Å²) >= 11 is 3.31. The Morgan fingerprint density at radius 3 is 2.32 bits per heavy atom. The lowest BCUT2D eigenvalue weighted by Crippen LogP contribution is -2.17. The zero-order valence-corrected chi connectivity index (χ0v) is 13.3. The van der Waals surface area contributed by atoms with Gasteiger partial charge in [-0.15, -0.1) is 0 Å². The third kappa shape index (κ3) is 4.82. The van der Waals surface area contributed by atoms with Crippen LogP contribution in [0.4, 0.5) is 0 Å². The minimum Gasteiger partial charge on any atom is -0.427 e. The number of ether oxygens (including phenoxy) is 1. The van der Waals surface area contributed by atoms with Gasteiger partial charge in [-0.2, -0.15) is 5.10 Å². The van der Waals surface area contributed by atoms with Crippen molar-refractivity contribution in [1.29, 1.82) is 0 Å². The summed E-state index contributed by atoms with van der Waals surface area (Å²) in [5, 5.41) is 3.89. The molecule has 0 aliphatic carbocycles. The van der Waals surface area contributed by atoms with Crippen LogP contribution < -0.4 is 10.2 Å². The number of hydrazone groups is 1. The standard InChI is InChI=1S/C16H13BrN2O3/c1-11(20)22-15-8-2-12(3-9-15)10-18-19-16(21)13-4-6-14(17)7-5-13/h2-10H,1H3,(H,19,21)/b18-10-. The van der Waals surface area contributed by atoms with Crippen LogP contribution in [-0.4, -0.2) is 18.1 Å². The van der Waals surface area contributed by atoms with Crippen LogP contribution in [0.2, 0.25) is 0 Å². The molecule has 0 unspecified atom stereocenters. The predicted octanol–water partition coefficient (Wildman–Crippen LogP) is 3.14. The summed E-state index contributed by atoms with van der Waals surface area (Å²) in [7, 11) is 0. The van der Waals surface area contributed by atoms with Crippen molar-refractivity contribution < 1.29 is 14.3 Å². The first kappa shape index (κ1) is 15.9. The molecule has 0 aliphatic rings. The Labute approximate surface area is 136 Å². The van der Waals surface area contributed by atoms with Crippen LogP contribution >= 0.6 is 15.9 Å². The van der Waals surface area contributed by atoms with E-state index in [1.807, 2.05) is 0 Å². The fraction of sp³-hybridized carbons (Fsp3) is 0.0625. The highest BCUT2D eigenvalue weighted by molar-refractivity contribution is 9.10. The van der Waals surface area contributed by atoms with Gasteiger partial charge in [-0.05, 0) is 54.1 Å². The maximum atomic E-state index is 11.8.